The zero-order valence-corrected chi connectivity index (χ0v) is 11.6. The molecule has 110 valence electrons. The second-order valence-electron chi connectivity index (χ2n) is 5.31. The maximum Gasteiger partial charge on any atom is 0.234 e. The molecule has 2 unspecified atom stereocenters. The summed E-state index contributed by atoms with van der Waals surface area (Å²) < 4.78 is 15.7. The first-order valence-electron chi connectivity index (χ1n) is 6.95. The van der Waals surface area contributed by atoms with Gasteiger partial charge in [-0.2, -0.15) is 4.98 Å². The number of carbonyl (C=O) groups excluding carboxylic acids is 1. The fourth-order valence-corrected chi connectivity index (χ4v) is 2.82. The molecular formula is C13H19N3O4. The van der Waals surface area contributed by atoms with E-state index in [1.165, 1.54) is 20.0 Å². The van der Waals surface area contributed by atoms with E-state index in [2.05, 4.69) is 15.0 Å². The molecule has 0 aromatic carbocycles. The summed E-state index contributed by atoms with van der Waals surface area (Å²) in [7, 11) is 1.49. The number of nitrogens with zero attached hydrogens (tertiary/aromatic N) is 3. The van der Waals surface area contributed by atoms with Crippen LogP contribution in [0.15, 0.2) is 4.52 Å². The minimum atomic E-state index is -0.153. The normalized spacial score (nSPS) is 26.6. The van der Waals surface area contributed by atoms with Crippen molar-refractivity contribution in [3.05, 3.63) is 11.7 Å². The number of morpholine rings is 1. The van der Waals surface area contributed by atoms with E-state index in [4.69, 9.17) is 14.0 Å². The van der Waals surface area contributed by atoms with Gasteiger partial charge in [-0.05, 0) is 19.4 Å². The number of ether oxygens (including phenoxy) is 2. The van der Waals surface area contributed by atoms with Crippen LogP contribution in [0.25, 0.3) is 0 Å². The van der Waals surface area contributed by atoms with Gasteiger partial charge < -0.3 is 14.0 Å². The smallest absolute Gasteiger partial charge is 0.234 e. The third-order valence-electron chi connectivity index (χ3n) is 3.81. The van der Waals surface area contributed by atoms with Crippen LogP contribution in [-0.4, -0.2) is 60.3 Å². The third kappa shape index (κ3) is 2.89. The van der Waals surface area contributed by atoms with Gasteiger partial charge in [0.25, 0.3) is 0 Å². The molecule has 3 rings (SSSR count). The van der Waals surface area contributed by atoms with Crippen molar-refractivity contribution >= 4 is 5.78 Å². The van der Waals surface area contributed by atoms with Crippen molar-refractivity contribution in [2.45, 2.75) is 31.4 Å². The molecule has 0 bridgehead atoms. The predicted octanol–water partition coefficient (Wildman–Crippen LogP) is 0.363. The Morgan fingerprint density at radius 1 is 1.55 bits per heavy atom. The lowest BCUT2D eigenvalue weighted by Crippen LogP contribution is -2.42. The molecule has 2 saturated heterocycles. The van der Waals surface area contributed by atoms with Gasteiger partial charge in [0.05, 0.1) is 13.0 Å². The Kier molecular flexibility index (Phi) is 4.09. The van der Waals surface area contributed by atoms with Gasteiger partial charge in [0.15, 0.2) is 5.78 Å². The molecule has 0 saturated carbocycles. The zero-order chi connectivity index (χ0) is 13.9. The number of carbonyl (C=O) groups is 1. The molecular weight excluding hydrogens is 262 g/mol. The molecule has 0 amide bonds. The first-order valence-corrected chi connectivity index (χ1v) is 6.95. The second-order valence-corrected chi connectivity index (χ2v) is 5.31. The van der Waals surface area contributed by atoms with Crippen LogP contribution >= 0.6 is 0 Å². The Labute approximate surface area is 117 Å². The summed E-state index contributed by atoms with van der Waals surface area (Å²) in [5.74, 6) is 0.789. The fraction of sp³-hybridized carbons (Fsp3) is 0.769. The molecule has 0 aliphatic carbocycles. The molecule has 2 aliphatic heterocycles. The number of Topliss-reactive ketones (excluding diaryl/α,β-unsaturated/α-hetero) is 1. The first-order chi connectivity index (χ1) is 9.76. The molecule has 0 spiro atoms. The van der Waals surface area contributed by atoms with Crippen LogP contribution in [0.3, 0.4) is 0 Å². The highest BCUT2D eigenvalue weighted by Gasteiger charge is 2.34. The Hall–Kier alpha value is -1.31. The van der Waals surface area contributed by atoms with Crippen molar-refractivity contribution in [1.82, 2.24) is 15.0 Å². The quantitative estimate of drug-likeness (QED) is 0.771. The SMILES string of the molecule is COCC(=O)Cc1nc(C2CN3CCCC3CO2)no1. The summed E-state index contributed by atoms with van der Waals surface area (Å²) in [5, 5.41) is 3.94. The molecule has 20 heavy (non-hydrogen) atoms. The topological polar surface area (TPSA) is 77.7 Å². The van der Waals surface area contributed by atoms with Gasteiger partial charge in [-0.3, -0.25) is 9.69 Å². The second kappa shape index (κ2) is 5.99. The Balaban J connectivity index is 1.60. The largest absolute Gasteiger partial charge is 0.377 e. The monoisotopic (exact) mass is 281 g/mol. The van der Waals surface area contributed by atoms with Gasteiger partial charge in [0.1, 0.15) is 12.7 Å². The fourth-order valence-electron chi connectivity index (χ4n) is 2.82. The van der Waals surface area contributed by atoms with Gasteiger partial charge in [0, 0.05) is 19.7 Å². The molecule has 1 aromatic rings. The van der Waals surface area contributed by atoms with Gasteiger partial charge in [-0.1, -0.05) is 5.16 Å². The standard InChI is InChI=1S/C13H19N3O4/c1-18-8-10(17)5-12-14-13(15-20-12)11-6-16-4-2-3-9(16)7-19-11/h9,11H,2-8H2,1H3. The highest BCUT2D eigenvalue weighted by Crippen LogP contribution is 2.28. The van der Waals surface area contributed by atoms with Crippen LogP contribution in [0.1, 0.15) is 30.7 Å². The average Bonchev–Trinajstić information content (AvgIpc) is 3.06. The van der Waals surface area contributed by atoms with Crippen LogP contribution in [0.4, 0.5) is 0 Å². The molecule has 1 aromatic heterocycles. The van der Waals surface area contributed by atoms with Crippen molar-refractivity contribution in [3.8, 4) is 0 Å². The zero-order valence-electron chi connectivity index (χ0n) is 11.6. The molecule has 0 radical (unpaired) electrons. The Morgan fingerprint density at radius 3 is 3.30 bits per heavy atom. The first kappa shape index (κ1) is 13.7. The summed E-state index contributed by atoms with van der Waals surface area (Å²) in [6.45, 7) is 2.70. The summed E-state index contributed by atoms with van der Waals surface area (Å²) in [4.78, 5) is 18.1. The van der Waals surface area contributed by atoms with Crippen LogP contribution < -0.4 is 0 Å². The van der Waals surface area contributed by atoms with E-state index in [0.717, 1.165) is 19.7 Å². The number of aromatic nitrogens is 2. The van der Waals surface area contributed by atoms with E-state index in [0.29, 0.717) is 17.8 Å². The van der Waals surface area contributed by atoms with Crippen molar-refractivity contribution in [2.75, 3.05) is 33.4 Å². The lowest BCUT2D eigenvalue weighted by atomic mass is 10.2. The minimum absolute atomic E-state index is 0.0626. The summed E-state index contributed by atoms with van der Waals surface area (Å²) in [5.41, 5.74) is 0. The van der Waals surface area contributed by atoms with E-state index in [9.17, 15) is 4.79 Å². The molecule has 2 aliphatic rings. The molecule has 7 heteroatoms. The molecule has 7 nitrogen and oxygen atoms in total. The number of ketones is 1. The number of hydrogen-bond acceptors (Lipinski definition) is 7. The van der Waals surface area contributed by atoms with E-state index in [1.54, 1.807) is 0 Å². The average molecular weight is 281 g/mol. The van der Waals surface area contributed by atoms with Crippen molar-refractivity contribution in [1.29, 1.82) is 0 Å². The third-order valence-corrected chi connectivity index (χ3v) is 3.81. The summed E-state index contributed by atoms with van der Waals surface area (Å²) in [6.07, 6.45) is 2.39. The maximum atomic E-state index is 11.5. The predicted molar refractivity (Wildman–Crippen MR) is 68.2 cm³/mol. The van der Waals surface area contributed by atoms with Crippen LogP contribution in [-0.2, 0) is 20.7 Å². The van der Waals surface area contributed by atoms with Crippen LogP contribution in [0.5, 0.6) is 0 Å². The number of hydrogen-bond donors (Lipinski definition) is 0. The summed E-state index contributed by atoms with van der Waals surface area (Å²) >= 11 is 0. The Bertz CT molecular complexity index is 476. The van der Waals surface area contributed by atoms with Crippen LogP contribution in [0.2, 0.25) is 0 Å². The highest BCUT2D eigenvalue weighted by molar-refractivity contribution is 5.81. The molecule has 2 fully saturated rings. The van der Waals surface area contributed by atoms with Crippen molar-refractivity contribution < 1.29 is 18.8 Å². The van der Waals surface area contributed by atoms with Crippen molar-refractivity contribution in [3.63, 3.8) is 0 Å². The minimum Gasteiger partial charge on any atom is -0.377 e. The number of methoxy groups -OCH3 is 1. The number of fused-ring (bicyclic) bond motifs is 1. The Morgan fingerprint density at radius 2 is 2.45 bits per heavy atom. The maximum absolute atomic E-state index is 11.5. The number of rotatable bonds is 5. The molecule has 2 atom stereocenters. The van der Waals surface area contributed by atoms with Gasteiger partial charge in [0.2, 0.25) is 11.7 Å². The van der Waals surface area contributed by atoms with Crippen molar-refractivity contribution in [2.24, 2.45) is 0 Å². The molecule has 0 N–H and O–H groups in total. The summed E-state index contributed by atoms with van der Waals surface area (Å²) in [6, 6.07) is 0.543. The van der Waals surface area contributed by atoms with E-state index in [-0.39, 0.29) is 24.9 Å². The van der Waals surface area contributed by atoms with Gasteiger partial charge >= 0.3 is 0 Å². The van der Waals surface area contributed by atoms with E-state index >= 15 is 0 Å². The van der Waals surface area contributed by atoms with Gasteiger partial charge in [-0.15, -0.1) is 0 Å². The lowest BCUT2D eigenvalue weighted by molar-refractivity contribution is -0.122. The lowest BCUT2D eigenvalue weighted by Gasteiger charge is -2.33. The highest BCUT2D eigenvalue weighted by atomic mass is 16.5. The van der Waals surface area contributed by atoms with E-state index < -0.39 is 0 Å². The van der Waals surface area contributed by atoms with E-state index in [1.807, 2.05) is 0 Å². The molecule has 3 heterocycles. The van der Waals surface area contributed by atoms with Crippen LogP contribution in [0, 0.1) is 0 Å². The van der Waals surface area contributed by atoms with Gasteiger partial charge in [-0.25, -0.2) is 0 Å².